The average Bonchev–Trinajstić information content (AvgIpc) is 2.51. The SMILES string of the molecule is CC(C)COc1ccc(C(=O)/C=C/c2ccccc2)c(O)c1. The molecule has 0 bridgehead atoms. The van der Waals surface area contributed by atoms with Crippen molar-refractivity contribution < 1.29 is 14.6 Å². The van der Waals surface area contributed by atoms with E-state index < -0.39 is 0 Å². The first-order valence-electron chi connectivity index (χ1n) is 7.29. The maximum atomic E-state index is 12.1. The third-order valence-corrected chi connectivity index (χ3v) is 3.04. The van der Waals surface area contributed by atoms with E-state index >= 15 is 0 Å². The van der Waals surface area contributed by atoms with E-state index in [0.29, 0.717) is 18.3 Å². The van der Waals surface area contributed by atoms with E-state index in [9.17, 15) is 9.90 Å². The predicted octanol–water partition coefficient (Wildman–Crippen LogP) is 4.32. The molecule has 0 unspecified atom stereocenters. The van der Waals surface area contributed by atoms with Crippen LogP contribution in [0.25, 0.3) is 6.08 Å². The first kappa shape index (κ1) is 15.8. The summed E-state index contributed by atoms with van der Waals surface area (Å²) in [4.78, 5) is 12.1. The Labute approximate surface area is 130 Å². The summed E-state index contributed by atoms with van der Waals surface area (Å²) >= 11 is 0. The standard InChI is InChI=1S/C19H20O3/c1-14(2)13-22-16-9-10-17(19(21)12-16)18(20)11-8-15-6-4-3-5-7-15/h3-12,14,21H,13H2,1-2H3/b11-8+. The van der Waals surface area contributed by atoms with E-state index in [4.69, 9.17) is 4.74 Å². The minimum absolute atomic E-state index is 0.0658. The smallest absolute Gasteiger partial charge is 0.189 e. The Hall–Kier alpha value is -2.55. The van der Waals surface area contributed by atoms with Gasteiger partial charge in [0.25, 0.3) is 0 Å². The van der Waals surface area contributed by atoms with Crippen LogP contribution in [0.5, 0.6) is 11.5 Å². The van der Waals surface area contributed by atoms with Crippen molar-refractivity contribution in [3.05, 3.63) is 65.7 Å². The van der Waals surface area contributed by atoms with E-state index in [1.54, 1.807) is 18.2 Å². The zero-order valence-electron chi connectivity index (χ0n) is 12.8. The summed E-state index contributed by atoms with van der Waals surface area (Å²) in [5, 5.41) is 9.99. The van der Waals surface area contributed by atoms with Gasteiger partial charge >= 0.3 is 0 Å². The highest BCUT2D eigenvalue weighted by atomic mass is 16.5. The van der Waals surface area contributed by atoms with E-state index in [-0.39, 0.29) is 17.1 Å². The van der Waals surface area contributed by atoms with Crippen LogP contribution in [0.2, 0.25) is 0 Å². The molecule has 0 aliphatic rings. The molecular weight excluding hydrogens is 276 g/mol. The molecule has 0 atom stereocenters. The molecule has 1 N–H and O–H groups in total. The van der Waals surface area contributed by atoms with Gasteiger partial charge in [-0.2, -0.15) is 0 Å². The summed E-state index contributed by atoms with van der Waals surface area (Å²) in [5.41, 5.74) is 1.20. The summed E-state index contributed by atoms with van der Waals surface area (Å²) < 4.78 is 5.52. The highest BCUT2D eigenvalue weighted by Crippen LogP contribution is 2.25. The predicted molar refractivity (Wildman–Crippen MR) is 88.2 cm³/mol. The lowest BCUT2D eigenvalue weighted by molar-refractivity contribution is 0.104. The second kappa shape index (κ2) is 7.46. The van der Waals surface area contributed by atoms with Gasteiger partial charge in [0.05, 0.1) is 12.2 Å². The second-order valence-corrected chi connectivity index (χ2v) is 5.49. The first-order chi connectivity index (χ1) is 10.6. The van der Waals surface area contributed by atoms with Crippen molar-refractivity contribution in [3.8, 4) is 11.5 Å². The largest absolute Gasteiger partial charge is 0.507 e. The van der Waals surface area contributed by atoms with Crippen molar-refractivity contribution >= 4 is 11.9 Å². The Bertz CT molecular complexity index is 658. The van der Waals surface area contributed by atoms with Gasteiger partial charge in [-0.25, -0.2) is 0 Å². The van der Waals surface area contributed by atoms with Crippen LogP contribution in [-0.2, 0) is 0 Å². The summed E-state index contributed by atoms with van der Waals surface area (Å²) in [5.74, 6) is 0.660. The second-order valence-electron chi connectivity index (χ2n) is 5.49. The third-order valence-electron chi connectivity index (χ3n) is 3.04. The van der Waals surface area contributed by atoms with E-state index in [1.165, 1.54) is 12.1 Å². The quantitative estimate of drug-likeness (QED) is 0.637. The fraction of sp³-hybridized carbons (Fsp3) is 0.211. The number of hydrogen-bond acceptors (Lipinski definition) is 3. The van der Waals surface area contributed by atoms with Crippen LogP contribution in [0.1, 0.15) is 29.8 Å². The van der Waals surface area contributed by atoms with Gasteiger partial charge < -0.3 is 9.84 Å². The van der Waals surface area contributed by atoms with Gasteiger partial charge in [0, 0.05) is 6.07 Å². The van der Waals surface area contributed by atoms with E-state index in [1.807, 2.05) is 44.2 Å². The molecule has 0 saturated carbocycles. The fourth-order valence-electron chi connectivity index (χ4n) is 1.90. The molecule has 114 valence electrons. The maximum absolute atomic E-state index is 12.1. The molecule has 2 aromatic rings. The fourth-order valence-corrected chi connectivity index (χ4v) is 1.90. The number of aromatic hydroxyl groups is 1. The highest BCUT2D eigenvalue weighted by molar-refractivity contribution is 6.08. The third kappa shape index (κ3) is 4.48. The Kier molecular flexibility index (Phi) is 5.37. The number of allylic oxidation sites excluding steroid dienone is 1. The molecule has 0 aliphatic carbocycles. The molecule has 2 aromatic carbocycles. The summed E-state index contributed by atoms with van der Waals surface area (Å²) in [6.45, 7) is 4.67. The number of phenols is 1. The summed E-state index contributed by atoms with van der Waals surface area (Å²) in [6, 6.07) is 14.3. The average molecular weight is 296 g/mol. The Morgan fingerprint density at radius 3 is 2.55 bits per heavy atom. The molecule has 0 aromatic heterocycles. The lowest BCUT2D eigenvalue weighted by atomic mass is 10.1. The van der Waals surface area contributed by atoms with Gasteiger partial charge in [0.2, 0.25) is 0 Å². The first-order valence-corrected chi connectivity index (χ1v) is 7.29. The van der Waals surface area contributed by atoms with Crippen LogP contribution >= 0.6 is 0 Å². The van der Waals surface area contributed by atoms with Gasteiger partial charge in [0.15, 0.2) is 5.78 Å². The Morgan fingerprint density at radius 1 is 1.18 bits per heavy atom. The molecular formula is C19H20O3. The minimum atomic E-state index is -0.239. The minimum Gasteiger partial charge on any atom is -0.507 e. The van der Waals surface area contributed by atoms with Crippen LogP contribution in [0, 0.1) is 5.92 Å². The molecule has 0 radical (unpaired) electrons. The van der Waals surface area contributed by atoms with Gasteiger partial charge in [-0.05, 0) is 29.7 Å². The molecule has 3 heteroatoms. The van der Waals surface area contributed by atoms with Gasteiger partial charge in [-0.15, -0.1) is 0 Å². The Morgan fingerprint density at radius 2 is 1.91 bits per heavy atom. The zero-order valence-corrected chi connectivity index (χ0v) is 12.8. The molecule has 22 heavy (non-hydrogen) atoms. The number of carbonyl (C=O) groups is 1. The van der Waals surface area contributed by atoms with Crippen molar-refractivity contribution in [2.75, 3.05) is 6.61 Å². The number of ketones is 1. The number of benzene rings is 2. The van der Waals surface area contributed by atoms with Crippen molar-refractivity contribution in [2.24, 2.45) is 5.92 Å². The normalized spacial score (nSPS) is 11.0. The number of hydrogen-bond donors (Lipinski definition) is 1. The molecule has 0 spiro atoms. The highest BCUT2D eigenvalue weighted by Gasteiger charge is 2.09. The van der Waals surface area contributed by atoms with Crippen molar-refractivity contribution in [1.82, 2.24) is 0 Å². The summed E-state index contributed by atoms with van der Waals surface area (Å²) in [7, 11) is 0. The molecule has 0 saturated heterocycles. The van der Waals surface area contributed by atoms with Gasteiger partial charge in [-0.1, -0.05) is 50.3 Å². The molecule has 0 amide bonds. The number of rotatable bonds is 6. The number of carbonyl (C=O) groups excluding carboxylic acids is 1. The topological polar surface area (TPSA) is 46.5 Å². The molecule has 0 fully saturated rings. The van der Waals surface area contributed by atoms with Crippen molar-refractivity contribution in [1.29, 1.82) is 0 Å². The van der Waals surface area contributed by atoms with Gasteiger partial charge in [-0.3, -0.25) is 4.79 Å². The summed E-state index contributed by atoms with van der Waals surface area (Å²) in [6.07, 6.45) is 3.18. The monoisotopic (exact) mass is 296 g/mol. The lowest BCUT2D eigenvalue weighted by Gasteiger charge is -2.09. The van der Waals surface area contributed by atoms with Crippen LogP contribution in [0.3, 0.4) is 0 Å². The van der Waals surface area contributed by atoms with Gasteiger partial charge in [0.1, 0.15) is 11.5 Å². The van der Waals surface area contributed by atoms with Crippen LogP contribution < -0.4 is 4.74 Å². The van der Waals surface area contributed by atoms with Crippen molar-refractivity contribution in [2.45, 2.75) is 13.8 Å². The van der Waals surface area contributed by atoms with Crippen LogP contribution in [0.4, 0.5) is 0 Å². The molecule has 0 aliphatic heterocycles. The van der Waals surface area contributed by atoms with Crippen LogP contribution in [0.15, 0.2) is 54.6 Å². The van der Waals surface area contributed by atoms with E-state index in [2.05, 4.69) is 0 Å². The number of phenolic OH excluding ortho intramolecular Hbond substituents is 1. The molecule has 0 heterocycles. The Balaban J connectivity index is 2.08. The number of ether oxygens (including phenoxy) is 1. The van der Waals surface area contributed by atoms with E-state index in [0.717, 1.165) is 5.56 Å². The molecule has 2 rings (SSSR count). The maximum Gasteiger partial charge on any atom is 0.189 e. The zero-order chi connectivity index (χ0) is 15.9. The van der Waals surface area contributed by atoms with Crippen LogP contribution in [-0.4, -0.2) is 17.5 Å². The molecule has 3 nitrogen and oxygen atoms in total. The van der Waals surface area contributed by atoms with Crippen molar-refractivity contribution in [3.63, 3.8) is 0 Å². The lowest BCUT2D eigenvalue weighted by Crippen LogP contribution is -2.04.